The first-order chi connectivity index (χ1) is 10.7. The molecule has 2 aromatic carbocycles. The molecule has 3 rings (SSSR count). The minimum atomic E-state index is 0.200. The molecule has 1 fully saturated rings. The Balaban J connectivity index is 1.81. The third kappa shape index (κ3) is 3.00. The number of nitrogens with zero attached hydrogens (tertiary/aromatic N) is 1. The molecule has 0 bridgehead atoms. The van der Waals surface area contributed by atoms with Gasteiger partial charge in [-0.3, -0.25) is 4.79 Å². The fourth-order valence-electron chi connectivity index (χ4n) is 3.51. The largest absolute Gasteiger partial charge is 0.338 e. The summed E-state index contributed by atoms with van der Waals surface area (Å²) in [4.78, 5) is 14.8. The van der Waals surface area contributed by atoms with Crippen LogP contribution in [0.25, 0.3) is 10.8 Å². The molecular formula is C19H24N2O. The number of amides is 1. The lowest BCUT2D eigenvalue weighted by molar-refractivity contribution is -0.134. The lowest BCUT2D eigenvalue weighted by Gasteiger charge is -2.38. The van der Waals surface area contributed by atoms with E-state index in [4.69, 9.17) is 5.73 Å². The number of hydrogen-bond donors (Lipinski definition) is 1. The molecule has 1 saturated heterocycles. The Labute approximate surface area is 132 Å². The number of fused-ring (bicyclic) bond motifs is 1. The van der Waals surface area contributed by atoms with Gasteiger partial charge in [0, 0.05) is 19.1 Å². The van der Waals surface area contributed by atoms with E-state index in [1.807, 2.05) is 23.1 Å². The normalized spacial score (nSPS) is 22.0. The Morgan fingerprint density at radius 2 is 2.00 bits per heavy atom. The smallest absolute Gasteiger partial charge is 0.227 e. The van der Waals surface area contributed by atoms with E-state index in [9.17, 15) is 4.79 Å². The van der Waals surface area contributed by atoms with Gasteiger partial charge in [0.2, 0.25) is 5.91 Å². The number of piperidine rings is 1. The number of carbonyl (C=O) groups excluding carboxylic acids is 1. The highest BCUT2D eigenvalue weighted by atomic mass is 16.2. The highest BCUT2D eigenvalue weighted by Gasteiger charge is 2.28. The number of likely N-dealkylation sites (tertiary alicyclic amines) is 1. The molecule has 0 aliphatic carbocycles. The maximum absolute atomic E-state index is 12.8. The highest BCUT2D eigenvalue weighted by molar-refractivity contribution is 5.90. The number of carbonyl (C=O) groups is 1. The summed E-state index contributed by atoms with van der Waals surface area (Å²) < 4.78 is 0. The summed E-state index contributed by atoms with van der Waals surface area (Å²) in [6.07, 6.45) is 2.57. The predicted molar refractivity (Wildman–Crippen MR) is 90.6 cm³/mol. The van der Waals surface area contributed by atoms with Gasteiger partial charge in [-0.25, -0.2) is 0 Å². The molecule has 2 atom stereocenters. The molecule has 3 heteroatoms. The second kappa shape index (κ2) is 6.49. The minimum Gasteiger partial charge on any atom is -0.338 e. The van der Waals surface area contributed by atoms with Crippen molar-refractivity contribution in [2.45, 2.75) is 32.2 Å². The maximum atomic E-state index is 12.8. The average Bonchev–Trinajstić information content (AvgIpc) is 2.55. The van der Waals surface area contributed by atoms with E-state index in [2.05, 4.69) is 31.2 Å². The van der Waals surface area contributed by atoms with Gasteiger partial charge in [-0.15, -0.1) is 0 Å². The van der Waals surface area contributed by atoms with Gasteiger partial charge >= 0.3 is 0 Å². The first kappa shape index (κ1) is 15.0. The van der Waals surface area contributed by atoms with Gasteiger partial charge in [-0.1, -0.05) is 49.4 Å². The van der Waals surface area contributed by atoms with Crippen molar-refractivity contribution in [1.29, 1.82) is 0 Å². The number of rotatable bonds is 3. The van der Waals surface area contributed by atoms with Gasteiger partial charge in [0.15, 0.2) is 0 Å². The predicted octanol–water partition coefficient (Wildman–Crippen LogP) is 2.97. The lowest BCUT2D eigenvalue weighted by atomic mass is 9.91. The van der Waals surface area contributed by atoms with E-state index in [-0.39, 0.29) is 11.9 Å². The Hall–Kier alpha value is -1.87. The molecule has 0 radical (unpaired) electrons. The van der Waals surface area contributed by atoms with E-state index in [1.54, 1.807) is 0 Å². The molecule has 1 heterocycles. The van der Waals surface area contributed by atoms with Crippen LogP contribution in [0.5, 0.6) is 0 Å². The summed E-state index contributed by atoms with van der Waals surface area (Å²) in [7, 11) is 0. The standard InChI is InChI=1S/C19H24N2O/c1-14-9-10-21(17(11-14)13-20)19(22)12-16-7-4-6-15-5-2-3-8-18(15)16/h2-8,14,17H,9-13,20H2,1H3. The molecule has 2 N–H and O–H groups in total. The third-order valence-corrected chi connectivity index (χ3v) is 4.79. The van der Waals surface area contributed by atoms with Gasteiger partial charge in [-0.05, 0) is 35.1 Å². The summed E-state index contributed by atoms with van der Waals surface area (Å²) in [6.45, 7) is 3.65. The van der Waals surface area contributed by atoms with E-state index < -0.39 is 0 Å². The second-order valence-electron chi connectivity index (χ2n) is 6.42. The zero-order chi connectivity index (χ0) is 15.5. The SMILES string of the molecule is CC1CCN(C(=O)Cc2cccc3ccccc23)C(CN)C1. The number of nitrogens with two attached hydrogens (primary N) is 1. The van der Waals surface area contributed by atoms with Crippen LogP contribution in [-0.2, 0) is 11.2 Å². The van der Waals surface area contributed by atoms with E-state index in [1.165, 1.54) is 10.8 Å². The molecular weight excluding hydrogens is 272 g/mol. The topological polar surface area (TPSA) is 46.3 Å². The van der Waals surface area contributed by atoms with Gasteiger partial charge in [-0.2, -0.15) is 0 Å². The molecule has 3 nitrogen and oxygen atoms in total. The molecule has 1 aliphatic rings. The number of hydrogen-bond acceptors (Lipinski definition) is 2. The highest BCUT2D eigenvalue weighted by Crippen LogP contribution is 2.24. The maximum Gasteiger partial charge on any atom is 0.227 e. The van der Waals surface area contributed by atoms with Crippen LogP contribution in [0.4, 0.5) is 0 Å². The first-order valence-electron chi connectivity index (χ1n) is 8.15. The van der Waals surface area contributed by atoms with Crippen molar-refractivity contribution in [3.8, 4) is 0 Å². The fraction of sp³-hybridized carbons (Fsp3) is 0.421. The fourth-order valence-corrected chi connectivity index (χ4v) is 3.51. The van der Waals surface area contributed by atoms with Gasteiger partial charge in [0.25, 0.3) is 0 Å². The quantitative estimate of drug-likeness (QED) is 0.946. The van der Waals surface area contributed by atoms with Gasteiger partial charge in [0.05, 0.1) is 6.42 Å². The van der Waals surface area contributed by atoms with Crippen molar-refractivity contribution >= 4 is 16.7 Å². The molecule has 2 aromatic rings. The zero-order valence-corrected chi connectivity index (χ0v) is 13.2. The van der Waals surface area contributed by atoms with E-state index in [0.29, 0.717) is 18.9 Å². The lowest BCUT2D eigenvalue weighted by Crippen LogP contribution is -2.49. The molecule has 0 saturated carbocycles. The van der Waals surface area contributed by atoms with Crippen LogP contribution in [0.2, 0.25) is 0 Å². The molecule has 2 unspecified atom stereocenters. The molecule has 0 aromatic heterocycles. The van der Waals surface area contributed by atoms with Crippen molar-refractivity contribution in [3.63, 3.8) is 0 Å². The van der Waals surface area contributed by atoms with Crippen molar-refractivity contribution < 1.29 is 4.79 Å². The second-order valence-corrected chi connectivity index (χ2v) is 6.42. The third-order valence-electron chi connectivity index (χ3n) is 4.79. The van der Waals surface area contributed by atoms with Crippen molar-refractivity contribution in [1.82, 2.24) is 4.90 Å². The molecule has 116 valence electrons. The zero-order valence-electron chi connectivity index (χ0n) is 13.2. The van der Waals surface area contributed by atoms with Crippen LogP contribution in [0.15, 0.2) is 42.5 Å². The molecule has 0 spiro atoms. The summed E-state index contributed by atoms with van der Waals surface area (Å²) in [5.41, 5.74) is 6.99. The Morgan fingerprint density at radius 1 is 1.23 bits per heavy atom. The van der Waals surface area contributed by atoms with Crippen LogP contribution in [0.1, 0.15) is 25.3 Å². The Kier molecular flexibility index (Phi) is 4.44. The Morgan fingerprint density at radius 3 is 2.82 bits per heavy atom. The average molecular weight is 296 g/mol. The first-order valence-corrected chi connectivity index (χ1v) is 8.15. The minimum absolute atomic E-state index is 0.200. The van der Waals surface area contributed by atoms with Gasteiger partial charge < -0.3 is 10.6 Å². The van der Waals surface area contributed by atoms with Crippen molar-refractivity contribution in [3.05, 3.63) is 48.0 Å². The Bertz CT molecular complexity index is 662. The molecule has 22 heavy (non-hydrogen) atoms. The monoisotopic (exact) mass is 296 g/mol. The van der Waals surface area contributed by atoms with Gasteiger partial charge in [0.1, 0.15) is 0 Å². The van der Waals surface area contributed by atoms with Crippen LogP contribution in [-0.4, -0.2) is 29.9 Å². The number of benzene rings is 2. The van der Waals surface area contributed by atoms with Crippen LogP contribution >= 0.6 is 0 Å². The summed E-state index contributed by atoms with van der Waals surface area (Å²) in [5, 5.41) is 2.36. The van der Waals surface area contributed by atoms with Crippen LogP contribution in [0.3, 0.4) is 0 Å². The van der Waals surface area contributed by atoms with Crippen molar-refractivity contribution in [2.24, 2.45) is 11.7 Å². The van der Waals surface area contributed by atoms with Crippen molar-refractivity contribution in [2.75, 3.05) is 13.1 Å². The van der Waals surface area contributed by atoms with Crippen LogP contribution in [0, 0.1) is 5.92 Å². The summed E-state index contributed by atoms with van der Waals surface area (Å²) >= 11 is 0. The van der Waals surface area contributed by atoms with E-state index in [0.717, 1.165) is 24.9 Å². The summed E-state index contributed by atoms with van der Waals surface area (Å²) in [6, 6.07) is 14.6. The summed E-state index contributed by atoms with van der Waals surface area (Å²) in [5.74, 6) is 0.869. The van der Waals surface area contributed by atoms with E-state index >= 15 is 0 Å². The molecule has 1 amide bonds. The molecule has 1 aliphatic heterocycles. The van der Waals surface area contributed by atoms with Crippen LogP contribution < -0.4 is 5.73 Å².